The second-order valence-electron chi connectivity index (χ2n) is 4.41. The fraction of sp³-hybridized carbons (Fsp3) is 0.133. The minimum atomic E-state index is -0.795. The summed E-state index contributed by atoms with van der Waals surface area (Å²) >= 11 is 0. The van der Waals surface area contributed by atoms with E-state index >= 15 is 0 Å². The van der Waals surface area contributed by atoms with Gasteiger partial charge in [-0.15, -0.1) is 0 Å². The Kier molecular flexibility index (Phi) is 4.49. The zero-order chi connectivity index (χ0) is 15.2. The van der Waals surface area contributed by atoms with Gasteiger partial charge >= 0.3 is 0 Å². The van der Waals surface area contributed by atoms with E-state index in [1.165, 1.54) is 18.2 Å². The third kappa shape index (κ3) is 3.55. The standard InChI is InChI=1S/C15H13N3O3/c16-9-11-6-7-14(18(20)21)13(8-11)17-10-15(19)12-4-2-1-3-5-12/h1-8,15,17,19H,10H2. The number of aliphatic hydroxyl groups excluding tert-OH is 1. The van der Waals surface area contributed by atoms with Crippen LogP contribution in [0.1, 0.15) is 17.2 Å². The van der Waals surface area contributed by atoms with Gasteiger partial charge in [0, 0.05) is 12.6 Å². The topological polar surface area (TPSA) is 99.2 Å². The van der Waals surface area contributed by atoms with E-state index in [1.807, 2.05) is 12.1 Å². The van der Waals surface area contributed by atoms with E-state index in [1.54, 1.807) is 24.3 Å². The van der Waals surface area contributed by atoms with Crippen LogP contribution in [0.3, 0.4) is 0 Å². The van der Waals surface area contributed by atoms with Crippen molar-refractivity contribution in [3.8, 4) is 6.07 Å². The van der Waals surface area contributed by atoms with E-state index in [0.717, 1.165) is 0 Å². The van der Waals surface area contributed by atoms with Crippen molar-refractivity contribution in [2.24, 2.45) is 0 Å². The summed E-state index contributed by atoms with van der Waals surface area (Å²) in [6, 6.07) is 15.0. The zero-order valence-corrected chi connectivity index (χ0v) is 11.1. The zero-order valence-electron chi connectivity index (χ0n) is 11.1. The number of rotatable bonds is 5. The number of aliphatic hydroxyl groups is 1. The van der Waals surface area contributed by atoms with Gasteiger partial charge in [0.15, 0.2) is 0 Å². The molecule has 0 aliphatic heterocycles. The number of nitrogens with one attached hydrogen (secondary N) is 1. The van der Waals surface area contributed by atoms with Crippen LogP contribution >= 0.6 is 0 Å². The summed E-state index contributed by atoms with van der Waals surface area (Å²) in [5, 5.41) is 32.7. The van der Waals surface area contributed by atoms with Crippen LogP contribution < -0.4 is 5.32 Å². The lowest BCUT2D eigenvalue weighted by Crippen LogP contribution is -2.13. The minimum Gasteiger partial charge on any atom is -0.387 e. The van der Waals surface area contributed by atoms with Crippen LogP contribution in [0, 0.1) is 21.4 Å². The van der Waals surface area contributed by atoms with Crippen LogP contribution in [0.4, 0.5) is 11.4 Å². The summed E-state index contributed by atoms with van der Waals surface area (Å²) < 4.78 is 0. The predicted molar refractivity (Wildman–Crippen MR) is 77.7 cm³/mol. The van der Waals surface area contributed by atoms with Crippen molar-refractivity contribution in [3.63, 3.8) is 0 Å². The SMILES string of the molecule is N#Cc1ccc([N+](=O)[O-])c(NCC(O)c2ccccc2)c1. The van der Waals surface area contributed by atoms with Crippen LogP contribution in [-0.2, 0) is 0 Å². The van der Waals surface area contributed by atoms with E-state index in [4.69, 9.17) is 5.26 Å². The van der Waals surface area contributed by atoms with Gasteiger partial charge in [-0.25, -0.2) is 0 Å². The normalized spacial score (nSPS) is 11.4. The predicted octanol–water partition coefficient (Wildman–Crippen LogP) is 2.61. The molecule has 0 saturated carbocycles. The molecule has 2 N–H and O–H groups in total. The molecule has 106 valence electrons. The first kappa shape index (κ1) is 14.5. The highest BCUT2D eigenvalue weighted by Gasteiger charge is 2.15. The lowest BCUT2D eigenvalue weighted by Gasteiger charge is -2.13. The first-order chi connectivity index (χ1) is 10.1. The largest absolute Gasteiger partial charge is 0.387 e. The summed E-state index contributed by atoms with van der Waals surface area (Å²) in [5.74, 6) is 0. The molecule has 0 heterocycles. The number of hydrogen-bond donors (Lipinski definition) is 2. The second kappa shape index (κ2) is 6.50. The molecule has 0 aromatic heterocycles. The van der Waals surface area contributed by atoms with Crippen molar-refractivity contribution in [3.05, 3.63) is 69.8 Å². The van der Waals surface area contributed by atoms with Gasteiger partial charge in [0.1, 0.15) is 5.69 Å². The first-order valence-electron chi connectivity index (χ1n) is 6.27. The van der Waals surface area contributed by atoms with Crippen LogP contribution in [0.5, 0.6) is 0 Å². The molecule has 0 aliphatic rings. The summed E-state index contributed by atoms with van der Waals surface area (Å²) in [6.07, 6.45) is -0.795. The number of nitrogens with zero attached hydrogens (tertiary/aromatic N) is 2. The smallest absolute Gasteiger partial charge is 0.292 e. The van der Waals surface area contributed by atoms with E-state index in [-0.39, 0.29) is 17.9 Å². The molecule has 6 heteroatoms. The molecule has 2 aromatic rings. The number of benzene rings is 2. The molecule has 0 saturated heterocycles. The maximum absolute atomic E-state index is 11.0. The number of hydrogen-bond acceptors (Lipinski definition) is 5. The van der Waals surface area contributed by atoms with Gasteiger partial charge in [0.2, 0.25) is 0 Å². The number of nitro benzene ring substituents is 1. The van der Waals surface area contributed by atoms with Gasteiger partial charge in [-0.3, -0.25) is 10.1 Å². The Morgan fingerprint density at radius 2 is 2.00 bits per heavy atom. The molecule has 0 radical (unpaired) electrons. The molecule has 2 rings (SSSR count). The third-order valence-electron chi connectivity index (χ3n) is 2.99. The van der Waals surface area contributed by atoms with Crippen molar-refractivity contribution in [1.29, 1.82) is 5.26 Å². The summed E-state index contributed by atoms with van der Waals surface area (Å²) in [5.41, 5.74) is 1.12. The van der Waals surface area contributed by atoms with Crippen LogP contribution in [0.15, 0.2) is 48.5 Å². The van der Waals surface area contributed by atoms with Crippen LogP contribution in [0.25, 0.3) is 0 Å². The molecular formula is C15H13N3O3. The lowest BCUT2D eigenvalue weighted by molar-refractivity contribution is -0.384. The molecule has 1 atom stereocenters. The molecule has 1 unspecified atom stereocenters. The molecular weight excluding hydrogens is 270 g/mol. The van der Waals surface area contributed by atoms with E-state index in [0.29, 0.717) is 11.1 Å². The van der Waals surface area contributed by atoms with Crippen molar-refractivity contribution in [2.45, 2.75) is 6.10 Å². The van der Waals surface area contributed by atoms with E-state index < -0.39 is 11.0 Å². The van der Waals surface area contributed by atoms with Crippen molar-refractivity contribution >= 4 is 11.4 Å². The highest BCUT2D eigenvalue weighted by atomic mass is 16.6. The summed E-state index contributed by atoms with van der Waals surface area (Å²) in [4.78, 5) is 10.4. The second-order valence-corrected chi connectivity index (χ2v) is 4.41. The Labute approximate surface area is 121 Å². The van der Waals surface area contributed by atoms with Gasteiger partial charge in [0.05, 0.1) is 22.7 Å². The van der Waals surface area contributed by atoms with Gasteiger partial charge in [-0.2, -0.15) is 5.26 Å². The summed E-state index contributed by atoms with van der Waals surface area (Å²) in [6.45, 7) is 0.111. The average Bonchev–Trinajstić information content (AvgIpc) is 2.52. The van der Waals surface area contributed by atoms with Gasteiger partial charge in [-0.05, 0) is 17.7 Å². The quantitative estimate of drug-likeness (QED) is 0.649. The fourth-order valence-corrected chi connectivity index (χ4v) is 1.91. The molecule has 0 fully saturated rings. The Hall–Kier alpha value is -2.91. The van der Waals surface area contributed by atoms with E-state index in [2.05, 4.69) is 5.32 Å². The molecule has 6 nitrogen and oxygen atoms in total. The van der Waals surface area contributed by atoms with Gasteiger partial charge in [-0.1, -0.05) is 30.3 Å². The Bertz CT molecular complexity index is 680. The molecule has 2 aromatic carbocycles. The summed E-state index contributed by atoms with van der Waals surface area (Å²) in [7, 11) is 0. The van der Waals surface area contributed by atoms with Crippen molar-refractivity contribution in [2.75, 3.05) is 11.9 Å². The van der Waals surface area contributed by atoms with Crippen LogP contribution in [0.2, 0.25) is 0 Å². The highest BCUT2D eigenvalue weighted by Crippen LogP contribution is 2.26. The first-order valence-corrected chi connectivity index (χ1v) is 6.27. The Morgan fingerprint density at radius 3 is 2.62 bits per heavy atom. The van der Waals surface area contributed by atoms with Gasteiger partial charge in [0.25, 0.3) is 5.69 Å². The van der Waals surface area contributed by atoms with Gasteiger partial charge < -0.3 is 10.4 Å². The Balaban J connectivity index is 2.16. The number of anilines is 1. The maximum Gasteiger partial charge on any atom is 0.292 e. The molecule has 0 amide bonds. The molecule has 21 heavy (non-hydrogen) atoms. The number of nitriles is 1. The Morgan fingerprint density at radius 1 is 1.29 bits per heavy atom. The van der Waals surface area contributed by atoms with Crippen molar-refractivity contribution < 1.29 is 10.0 Å². The van der Waals surface area contributed by atoms with E-state index in [9.17, 15) is 15.2 Å². The monoisotopic (exact) mass is 283 g/mol. The molecule has 0 spiro atoms. The van der Waals surface area contributed by atoms with Crippen molar-refractivity contribution in [1.82, 2.24) is 0 Å². The minimum absolute atomic E-state index is 0.111. The lowest BCUT2D eigenvalue weighted by atomic mass is 10.1. The average molecular weight is 283 g/mol. The molecule has 0 bridgehead atoms. The molecule has 0 aliphatic carbocycles. The fourth-order valence-electron chi connectivity index (χ4n) is 1.91. The highest BCUT2D eigenvalue weighted by molar-refractivity contribution is 5.64. The number of nitro groups is 1. The third-order valence-corrected chi connectivity index (χ3v) is 2.99. The van der Waals surface area contributed by atoms with Crippen LogP contribution in [-0.4, -0.2) is 16.6 Å². The maximum atomic E-state index is 11.0.